The van der Waals surface area contributed by atoms with Crippen molar-refractivity contribution in [1.82, 2.24) is 49.2 Å². The Morgan fingerprint density at radius 2 is 1.15 bits per heavy atom. The molecular formula is C38H61N12O15P. The maximum Gasteiger partial charge on any atom is 0.342 e. The molecule has 0 radical (unpaired) electrons. The largest absolute Gasteiger partial charge is 0.479 e. The lowest BCUT2D eigenvalue weighted by molar-refractivity contribution is -0.143. The van der Waals surface area contributed by atoms with Crippen LogP contribution in [0.1, 0.15) is 66.8 Å². The Hall–Kier alpha value is -4.93. The minimum Gasteiger partial charge on any atom is -0.479 e. The van der Waals surface area contributed by atoms with Crippen LogP contribution in [0.25, 0.3) is 22.3 Å². The van der Waals surface area contributed by atoms with E-state index in [2.05, 4.69) is 40.1 Å². The Balaban J connectivity index is 0.000000308. The zero-order chi connectivity index (χ0) is 49.1. The van der Waals surface area contributed by atoms with Crippen molar-refractivity contribution in [2.75, 3.05) is 53.1 Å². The molecule has 11 N–H and O–H groups in total. The number of carbonyl (C=O) groups is 2. The minimum atomic E-state index is -4.28. The fourth-order valence-corrected chi connectivity index (χ4v) is 9.36. The van der Waals surface area contributed by atoms with Gasteiger partial charge >= 0.3 is 19.6 Å². The van der Waals surface area contributed by atoms with E-state index >= 15 is 0 Å². The third kappa shape index (κ3) is 10.9. The van der Waals surface area contributed by atoms with Crippen LogP contribution in [0, 0.1) is 11.8 Å². The smallest absolute Gasteiger partial charge is 0.342 e. The molecular weight excluding hydrogens is 895 g/mol. The summed E-state index contributed by atoms with van der Waals surface area (Å²) in [5.74, 6) is -1.24. The van der Waals surface area contributed by atoms with Gasteiger partial charge in [0.1, 0.15) is 47.7 Å². The van der Waals surface area contributed by atoms with E-state index in [-0.39, 0.29) is 59.5 Å². The first-order chi connectivity index (χ1) is 31.0. The fraction of sp³-hybridized carbons (Fsp3) is 0.684. The van der Waals surface area contributed by atoms with Gasteiger partial charge in [-0.3, -0.25) is 23.3 Å². The summed E-state index contributed by atoms with van der Waals surface area (Å²) in [5.41, 5.74) is 8.95. The molecule has 28 heteroatoms. The van der Waals surface area contributed by atoms with Crippen LogP contribution >= 0.6 is 7.67 Å². The number of aromatic nitrogens is 8. The molecule has 0 bridgehead atoms. The van der Waals surface area contributed by atoms with Crippen LogP contribution in [0.4, 0.5) is 11.9 Å². The van der Waals surface area contributed by atoms with E-state index in [1.165, 1.54) is 64.1 Å². The molecule has 27 nitrogen and oxygen atoms in total. The number of fused-ring (bicyclic) bond motifs is 2. The van der Waals surface area contributed by atoms with Crippen LogP contribution in [-0.2, 0) is 37.6 Å². The van der Waals surface area contributed by atoms with Crippen LogP contribution in [0.15, 0.2) is 12.7 Å². The number of anilines is 2. The molecule has 2 aliphatic heterocycles. The van der Waals surface area contributed by atoms with Gasteiger partial charge in [0.25, 0.3) is 0 Å². The molecule has 2 fully saturated rings. The summed E-state index contributed by atoms with van der Waals surface area (Å²) < 4.78 is 54.6. The number of nitrogens with one attached hydrogen (secondary N) is 2. The fourth-order valence-electron chi connectivity index (χ4n) is 7.54. The quantitative estimate of drug-likeness (QED) is 0.0441. The number of nitrogens with two attached hydrogens (primary N) is 2. The second-order valence-electron chi connectivity index (χ2n) is 16.9. The maximum atomic E-state index is 14.3. The van der Waals surface area contributed by atoms with Gasteiger partial charge in [-0.1, -0.05) is 27.7 Å². The first kappa shape index (κ1) is 52.0. The Labute approximate surface area is 379 Å². The number of aliphatic hydroxyl groups excluding tert-OH is 3. The number of nitrogen functional groups attached to an aromatic ring is 2. The summed E-state index contributed by atoms with van der Waals surface area (Å²) in [7, 11) is 0.929. The molecule has 0 aromatic carbocycles. The van der Waals surface area contributed by atoms with Gasteiger partial charge in [-0.05, 0) is 38.5 Å². The average molecular weight is 957 g/mol. The zero-order valence-corrected chi connectivity index (χ0v) is 39.1. The summed E-state index contributed by atoms with van der Waals surface area (Å²) in [6, 6.07) is -2.14. The van der Waals surface area contributed by atoms with Crippen LogP contribution in [0.2, 0.25) is 0 Å². The van der Waals surface area contributed by atoms with Crippen molar-refractivity contribution in [1.29, 1.82) is 0 Å². The van der Waals surface area contributed by atoms with Crippen LogP contribution in [-0.4, -0.2) is 166 Å². The maximum absolute atomic E-state index is 14.3. The monoisotopic (exact) mass is 956 g/mol. The first-order valence-electron chi connectivity index (χ1n) is 20.7. The lowest BCUT2D eigenvalue weighted by Crippen LogP contribution is -2.46. The number of ether oxygens (including phenoxy) is 6. The van der Waals surface area contributed by atoms with Gasteiger partial charge in [-0.2, -0.15) is 19.9 Å². The Bertz CT molecular complexity index is 2330. The summed E-state index contributed by atoms with van der Waals surface area (Å²) in [6.07, 6.45) is -4.05. The molecule has 6 rings (SSSR count). The van der Waals surface area contributed by atoms with Gasteiger partial charge in [0, 0.05) is 0 Å². The number of carbonyl (C=O) groups excluding carboxylic acids is 2. The highest BCUT2D eigenvalue weighted by molar-refractivity contribution is 7.54. The van der Waals surface area contributed by atoms with Crippen LogP contribution in [0.5, 0.6) is 11.8 Å². The van der Waals surface area contributed by atoms with Crippen molar-refractivity contribution in [3.05, 3.63) is 12.7 Å². The number of rotatable bonds is 18. The van der Waals surface area contributed by atoms with E-state index in [9.17, 15) is 39.7 Å². The molecule has 4 aromatic heterocycles. The number of imidazole rings is 2. The highest BCUT2D eigenvalue weighted by Gasteiger charge is 2.55. The highest BCUT2D eigenvalue weighted by atomic mass is 31.2. The standard InChI is InChI=1S/C26H44N7O10P.C12H17N5O5/c1-13(2)9-15(22(35)40-7)31-44(38,32-16(10-14(3)4)23(36)41-8)42-11-17-19(34)26(5,37)24(43-17)33-12-28-18-20(33)29-25(27)30-21(18)39-6;1-12(20)7(19)5(3-18)22-10(12)17-4-14-6-8(17)15-11(13)16-9(6)21-2/h12-17,19,24,34,37H,9-11H2,1-8H3,(H2,27,29,30)(H2,31,32,38);4-5,7,10,18-20H,3H2,1-2H3,(H2,13,15,16)/t15?,16?,17-,19?,24-,26+,44?;5-,7?,10-,12+/m11/s1. The van der Waals surface area contributed by atoms with E-state index < -0.39 is 93.0 Å². The highest BCUT2D eigenvalue weighted by Crippen LogP contribution is 2.45. The minimum absolute atomic E-state index is 0.00978. The topological polar surface area (TPSA) is 380 Å². The molecule has 4 aromatic rings. The summed E-state index contributed by atoms with van der Waals surface area (Å²) in [4.78, 5) is 49.8. The number of methoxy groups -OCH3 is 4. The zero-order valence-electron chi connectivity index (χ0n) is 38.3. The molecule has 10 atom stereocenters. The number of hydrogen-bond donors (Lipinski definition) is 9. The molecule has 2 aliphatic rings. The summed E-state index contributed by atoms with van der Waals surface area (Å²) in [5, 5.41) is 57.7. The molecule has 0 amide bonds. The van der Waals surface area contributed by atoms with E-state index in [1.54, 1.807) is 0 Å². The van der Waals surface area contributed by atoms with Crippen LogP contribution < -0.4 is 31.1 Å². The second kappa shape index (κ2) is 20.9. The lowest BCUT2D eigenvalue weighted by Gasteiger charge is -2.30. The number of hydrogen-bond acceptors (Lipinski definition) is 23. The van der Waals surface area contributed by atoms with Crippen molar-refractivity contribution in [2.24, 2.45) is 11.8 Å². The average Bonchev–Trinajstić information content (AvgIpc) is 3.99. The molecule has 6 heterocycles. The van der Waals surface area contributed by atoms with Gasteiger partial charge in [0.2, 0.25) is 23.7 Å². The molecule has 4 unspecified atom stereocenters. The Kier molecular flexibility index (Phi) is 16.5. The van der Waals surface area contributed by atoms with Gasteiger partial charge < -0.3 is 69.9 Å². The molecule has 368 valence electrons. The van der Waals surface area contributed by atoms with E-state index in [0.717, 1.165) is 0 Å². The first-order valence-corrected chi connectivity index (χ1v) is 22.4. The molecule has 2 saturated heterocycles. The van der Waals surface area contributed by atoms with Gasteiger partial charge in [0.15, 0.2) is 34.8 Å². The molecule has 66 heavy (non-hydrogen) atoms. The van der Waals surface area contributed by atoms with Crippen molar-refractivity contribution in [3.63, 3.8) is 0 Å². The lowest BCUT2D eigenvalue weighted by atomic mass is 9.96. The van der Waals surface area contributed by atoms with Crippen LogP contribution in [0.3, 0.4) is 0 Å². The third-order valence-electron chi connectivity index (χ3n) is 10.9. The predicted octanol–water partition coefficient (Wildman–Crippen LogP) is -0.676. The van der Waals surface area contributed by atoms with Gasteiger partial charge in [0.05, 0.1) is 54.3 Å². The normalized spacial score (nSPS) is 27.1. The summed E-state index contributed by atoms with van der Waals surface area (Å²) in [6.45, 7) is 9.25. The predicted molar refractivity (Wildman–Crippen MR) is 231 cm³/mol. The Morgan fingerprint density at radius 1 is 0.758 bits per heavy atom. The number of nitrogens with zero attached hydrogens (tertiary/aromatic N) is 8. The van der Waals surface area contributed by atoms with Gasteiger partial charge in [-0.15, -0.1) is 0 Å². The SMILES string of the molecule is COC(=O)C(CC(C)C)NP(=O)(NC(CC(C)C)C(=O)OC)OC[C@H]1O[C@@H](n2cnc3c(OC)nc(N)nc32)[C@@](C)(O)C1O.COc1nc(N)nc2c1ncn2[C@@H]1O[C@H](CO)C(O)[C@]1(C)O. The van der Waals surface area contributed by atoms with Crippen molar-refractivity contribution >= 4 is 53.8 Å². The van der Waals surface area contributed by atoms with Gasteiger partial charge in [-0.25, -0.2) is 20.1 Å². The van der Waals surface area contributed by atoms with Crippen molar-refractivity contribution in [3.8, 4) is 11.8 Å². The molecule has 0 aliphatic carbocycles. The number of aliphatic hydroxyl groups is 5. The summed E-state index contributed by atoms with van der Waals surface area (Å²) >= 11 is 0. The van der Waals surface area contributed by atoms with E-state index in [1.807, 2.05) is 27.7 Å². The molecule has 0 spiro atoms. The number of esters is 2. The molecule has 0 saturated carbocycles. The van der Waals surface area contributed by atoms with E-state index in [0.29, 0.717) is 11.2 Å². The second-order valence-corrected chi connectivity index (χ2v) is 18.8. The van der Waals surface area contributed by atoms with Crippen molar-refractivity contribution < 1.29 is 72.6 Å². The third-order valence-corrected chi connectivity index (χ3v) is 12.7. The van der Waals surface area contributed by atoms with Crippen molar-refractivity contribution in [2.45, 2.75) is 115 Å². The Morgan fingerprint density at radius 3 is 1.50 bits per heavy atom. The van der Waals surface area contributed by atoms with E-state index in [4.69, 9.17) is 44.4 Å².